The first-order chi connectivity index (χ1) is 18.9. The number of carbonyl (C=O) groups excluding carboxylic acids is 2. The second-order valence-electron chi connectivity index (χ2n) is 10.0. The van der Waals surface area contributed by atoms with Gasteiger partial charge in [0.2, 0.25) is 0 Å². The summed E-state index contributed by atoms with van der Waals surface area (Å²) in [7, 11) is 0. The number of benzene rings is 1. The summed E-state index contributed by atoms with van der Waals surface area (Å²) >= 11 is 0. The Balaban J connectivity index is 0. The molecule has 0 saturated heterocycles. The van der Waals surface area contributed by atoms with E-state index < -0.39 is 0 Å². The van der Waals surface area contributed by atoms with Gasteiger partial charge >= 0.3 is 0 Å². The van der Waals surface area contributed by atoms with Crippen molar-refractivity contribution < 1.29 is 9.59 Å². The molecule has 0 aliphatic carbocycles. The number of carbonyl (C=O) groups is 2. The zero-order valence-corrected chi connectivity index (χ0v) is 26.9. The van der Waals surface area contributed by atoms with Crippen LogP contribution in [0.25, 0.3) is 5.57 Å². The van der Waals surface area contributed by atoms with Gasteiger partial charge in [-0.3, -0.25) is 0 Å². The van der Waals surface area contributed by atoms with Crippen LogP contribution in [0.3, 0.4) is 0 Å². The predicted molar refractivity (Wildman–Crippen MR) is 178 cm³/mol. The number of hydrogen-bond donors (Lipinski definition) is 1. The Morgan fingerprint density at radius 1 is 1.02 bits per heavy atom. The maximum absolute atomic E-state index is 9.87. The molecule has 1 aromatic rings. The molecule has 1 unspecified atom stereocenters. The van der Waals surface area contributed by atoms with Crippen LogP contribution in [-0.4, -0.2) is 18.4 Å². The number of nitrogens with one attached hydrogen (secondary N) is 1. The molecule has 1 N–H and O–H groups in total. The fourth-order valence-electron chi connectivity index (χ4n) is 3.57. The third-order valence-corrected chi connectivity index (χ3v) is 6.20. The second-order valence-corrected chi connectivity index (χ2v) is 10.0. The largest absolute Gasteiger partial charge is 0.344 e. The minimum atomic E-state index is 0.740. The van der Waals surface area contributed by atoms with Crippen LogP contribution in [0.4, 0.5) is 0 Å². The van der Waals surface area contributed by atoms with E-state index in [9.17, 15) is 4.79 Å². The maximum Gasteiger partial charge on any atom is 0.119 e. The zero-order chi connectivity index (χ0) is 31.1. The van der Waals surface area contributed by atoms with Gasteiger partial charge in [0.25, 0.3) is 0 Å². The second kappa shape index (κ2) is 23.4. The SMILES string of the molecule is C=C(/C=C\C(C)=C/C)NC(C)=N/C=C(/C=C(\C)c1c(C)cccc1C)C(=C)C.CC=O.CCC(C)CCCC=O. The van der Waals surface area contributed by atoms with Gasteiger partial charge in [-0.15, -0.1) is 0 Å². The average Bonchev–Trinajstić information content (AvgIpc) is 2.90. The molecule has 1 rings (SSSR count). The predicted octanol–water partition coefficient (Wildman–Crippen LogP) is 9.82. The highest BCUT2D eigenvalue weighted by atomic mass is 16.1. The van der Waals surface area contributed by atoms with Crippen LogP contribution in [0.15, 0.2) is 89.3 Å². The van der Waals surface area contributed by atoms with Gasteiger partial charge < -0.3 is 14.9 Å². The Labute approximate surface area is 245 Å². The lowest BCUT2D eigenvalue weighted by molar-refractivity contribution is -0.108. The number of aliphatic imine (C=N–C) groups is 1. The molecule has 0 aromatic heterocycles. The summed E-state index contributed by atoms with van der Waals surface area (Å²) in [6, 6.07) is 6.38. The molecule has 0 aliphatic rings. The smallest absolute Gasteiger partial charge is 0.119 e. The molecule has 4 heteroatoms. The number of hydrogen-bond acceptors (Lipinski definition) is 3. The number of allylic oxidation sites excluding steroid dienone is 8. The van der Waals surface area contributed by atoms with Crippen molar-refractivity contribution in [3.05, 3.63) is 101 Å². The van der Waals surface area contributed by atoms with Gasteiger partial charge in [-0.2, -0.15) is 0 Å². The van der Waals surface area contributed by atoms with Gasteiger partial charge in [0, 0.05) is 18.3 Å². The Bertz CT molecular complexity index is 1080. The summed E-state index contributed by atoms with van der Waals surface area (Å²) in [5.74, 6) is 1.58. The van der Waals surface area contributed by atoms with Crippen molar-refractivity contribution in [3.63, 3.8) is 0 Å². The minimum Gasteiger partial charge on any atom is -0.344 e. The van der Waals surface area contributed by atoms with E-state index in [1.165, 1.54) is 47.6 Å². The summed E-state index contributed by atoms with van der Waals surface area (Å²) in [5, 5.41) is 3.20. The van der Waals surface area contributed by atoms with Crippen molar-refractivity contribution in [2.24, 2.45) is 10.9 Å². The van der Waals surface area contributed by atoms with Gasteiger partial charge in [-0.1, -0.05) is 75.8 Å². The third kappa shape index (κ3) is 18.7. The molecule has 1 atom stereocenters. The molecule has 0 spiro atoms. The Morgan fingerprint density at radius 2 is 1.60 bits per heavy atom. The van der Waals surface area contributed by atoms with Crippen LogP contribution in [0.2, 0.25) is 0 Å². The van der Waals surface area contributed by atoms with Crippen molar-refractivity contribution in [2.75, 3.05) is 0 Å². The fourth-order valence-corrected chi connectivity index (χ4v) is 3.57. The van der Waals surface area contributed by atoms with Gasteiger partial charge in [0.05, 0.1) is 0 Å². The van der Waals surface area contributed by atoms with Gasteiger partial charge in [0.1, 0.15) is 18.4 Å². The van der Waals surface area contributed by atoms with Crippen LogP contribution in [0, 0.1) is 19.8 Å². The number of rotatable bonds is 12. The first-order valence-corrected chi connectivity index (χ1v) is 14.1. The maximum atomic E-state index is 9.87. The van der Waals surface area contributed by atoms with Crippen molar-refractivity contribution in [1.82, 2.24) is 5.32 Å². The van der Waals surface area contributed by atoms with E-state index in [1.54, 1.807) is 0 Å². The molecule has 0 amide bonds. The molecular formula is C36H54N2O2. The van der Waals surface area contributed by atoms with Crippen LogP contribution in [0.5, 0.6) is 0 Å². The Kier molecular flexibility index (Phi) is 22.6. The first-order valence-electron chi connectivity index (χ1n) is 14.1. The molecule has 40 heavy (non-hydrogen) atoms. The average molecular weight is 547 g/mol. The van der Waals surface area contributed by atoms with Crippen LogP contribution in [-0.2, 0) is 9.59 Å². The lowest BCUT2D eigenvalue weighted by atomic mass is 9.94. The fraction of sp³-hybridized carbons (Fsp3) is 0.417. The van der Waals surface area contributed by atoms with Crippen molar-refractivity contribution >= 4 is 24.0 Å². The molecule has 0 bridgehead atoms. The normalized spacial score (nSPS) is 12.9. The molecular weight excluding hydrogens is 492 g/mol. The molecule has 0 fully saturated rings. The van der Waals surface area contributed by atoms with Crippen molar-refractivity contribution in [3.8, 4) is 0 Å². The minimum absolute atomic E-state index is 0.740. The standard InChI is InChI=1S/C26H34N2.C8H16O.C2H4O/c1-10-19(4)14-15-23(8)28-24(9)27-17-25(18(2)3)16-22(7)26-20(5)12-11-13-21(26)6;1-3-8(2)6-4-5-7-9;1-2-3/h10-17H,2,8H2,1,3-7,9H3,(H,27,28);7-8H,3-6H2,1-2H3;2H,1H3/b15-14-,19-10-,22-16+,25-17-;;. The number of aryl methyl sites for hydroxylation is 2. The summed E-state index contributed by atoms with van der Waals surface area (Å²) < 4.78 is 0. The zero-order valence-electron chi connectivity index (χ0n) is 26.9. The molecule has 0 heterocycles. The summed E-state index contributed by atoms with van der Waals surface area (Å²) in [4.78, 5) is 23.2. The van der Waals surface area contributed by atoms with E-state index in [1.807, 2.05) is 39.1 Å². The molecule has 0 saturated carbocycles. The number of aldehydes is 2. The van der Waals surface area contributed by atoms with E-state index in [2.05, 4.69) is 95.4 Å². The lowest BCUT2D eigenvalue weighted by Gasteiger charge is -2.11. The number of amidine groups is 1. The van der Waals surface area contributed by atoms with E-state index in [0.29, 0.717) is 0 Å². The van der Waals surface area contributed by atoms with Crippen LogP contribution in [0.1, 0.15) is 97.8 Å². The van der Waals surface area contributed by atoms with Crippen molar-refractivity contribution in [2.45, 2.75) is 94.9 Å². The van der Waals surface area contributed by atoms with Crippen LogP contribution >= 0.6 is 0 Å². The van der Waals surface area contributed by atoms with Crippen molar-refractivity contribution in [1.29, 1.82) is 0 Å². The Hall–Kier alpha value is -3.53. The highest BCUT2D eigenvalue weighted by molar-refractivity contribution is 5.82. The molecule has 1 aromatic carbocycles. The third-order valence-electron chi connectivity index (χ3n) is 6.20. The molecule has 0 aliphatic heterocycles. The highest BCUT2D eigenvalue weighted by Crippen LogP contribution is 2.25. The lowest BCUT2D eigenvalue weighted by Crippen LogP contribution is -2.17. The summed E-state index contributed by atoms with van der Waals surface area (Å²) in [5.41, 5.74) is 9.01. The Morgan fingerprint density at radius 3 is 2.08 bits per heavy atom. The quantitative estimate of drug-likeness (QED) is 0.0933. The molecule has 4 nitrogen and oxygen atoms in total. The topological polar surface area (TPSA) is 58.5 Å². The molecule has 220 valence electrons. The van der Waals surface area contributed by atoms with Gasteiger partial charge in [-0.05, 0) is 113 Å². The number of unbranched alkanes of at least 4 members (excludes halogenated alkanes) is 1. The summed E-state index contributed by atoms with van der Waals surface area (Å²) in [6.07, 6.45) is 16.0. The van der Waals surface area contributed by atoms with E-state index in [-0.39, 0.29) is 0 Å². The summed E-state index contributed by atoms with van der Waals surface area (Å²) in [6.45, 7) is 28.4. The monoisotopic (exact) mass is 546 g/mol. The van der Waals surface area contributed by atoms with Gasteiger partial charge in [0.15, 0.2) is 0 Å². The van der Waals surface area contributed by atoms with Crippen LogP contribution < -0.4 is 5.32 Å². The first kappa shape index (κ1) is 38.6. The van der Waals surface area contributed by atoms with E-state index in [0.717, 1.165) is 54.0 Å². The van der Waals surface area contributed by atoms with Gasteiger partial charge in [-0.25, -0.2) is 4.99 Å². The highest BCUT2D eigenvalue weighted by Gasteiger charge is 2.05. The number of nitrogens with zero attached hydrogens (tertiary/aromatic N) is 1. The van der Waals surface area contributed by atoms with E-state index in [4.69, 9.17) is 4.79 Å². The molecule has 0 radical (unpaired) electrons. The van der Waals surface area contributed by atoms with E-state index >= 15 is 0 Å².